The Morgan fingerprint density at radius 1 is 1.33 bits per heavy atom. The maximum absolute atomic E-state index is 3.36. The zero-order valence-electron chi connectivity index (χ0n) is 6.77. The average molecular weight is 149 g/mol. The quantitative estimate of drug-likeness (QED) is 0.563. The Hall–Kier alpha value is 0.270. The van der Waals surface area contributed by atoms with Crippen LogP contribution in [0.4, 0.5) is 0 Å². The third-order valence-corrected chi connectivity index (χ3v) is 1.73. The van der Waals surface area contributed by atoms with E-state index in [9.17, 15) is 0 Å². The second-order valence-electron chi connectivity index (χ2n) is 2.51. The van der Waals surface area contributed by atoms with Gasteiger partial charge >= 0.3 is 0 Å². The van der Waals surface area contributed by atoms with Crippen LogP contribution in [-0.2, 0) is 11.1 Å². The maximum atomic E-state index is 3.36. The first-order valence-corrected chi connectivity index (χ1v) is 5.13. The van der Waals surface area contributed by atoms with Crippen molar-refractivity contribution in [2.45, 2.75) is 0 Å². The van der Waals surface area contributed by atoms with E-state index in [-0.39, 0.29) is 0 Å². The van der Waals surface area contributed by atoms with Crippen LogP contribution in [0.25, 0.3) is 0 Å². The topological polar surface area (TPSA) is 15.3 Å². The molecule has 0 heterocycles. The zero-order valence-corrected chi connectivity index (χ0v) is 7.59. The van der Waals surface area contributed by atoms with Crippen LogP contribution < -0.4 is 4.72 Å². The number of rotatable bonds is 4. The van der Waals surface area contributed by atoms with Crippen molar-refractivity contribution < 1.29 is 0 Å². The minimum Gasteiger partial charge on any atom is -0.308 e. The van der Waals surface area contributed by atoms with Crippen LogP contribution >= 0.6 is 0 Å². The van der Waals surface area contributed by atoms with E-state index in [2.05, 4.69) is 36.2 Å². The van der Waals surface area contributed by atoms with E-state index in [1.807, 2.05) is 0 Å². The van der Waals surface area contributed by atoms with Gasteiger partial charge < -0.3 is 4.90 Å². The van der Waals surface area contributed by atoms with Crippen LogP contribution in [-0.4, -0.2) is 44.6 Å². The summed E-state index contributed by atoms with van der Waals surface area (Å²) in [6, 6.07) is 0. The molecule has 0 atom stereocenters. The molecule has 0 saturated heterocycles. The Morgan fingerprint density at radius 2 is 1.89 bits per heavy atom. The smallest absolute Gasteiger partial charge is 0.117 e. The van der Waals surface area contributed by atoms with Gasteiger partial charge in [-0.2, -0.15) is 0 Å². The normalized spacial score (nSPS) is 11.3. The van der Waals surface area contributed by atoms with Crippen molar-refractivity contribution in [3.05, 3.63) is 0 Å². The molecule has 0 rings (SSSR count). The zero-order chi connectivity index (χ0) is 7.28. The molecule has 9 heavy (non-hydrogen) atoms. The summed E-state index contributed by atoms with van der Waals surface area (Å²) < 4.78 is 3.36. The van der Waals surface area contributed by atoms with Gasteiger partial charge in [0.25, 0.3) is 0 Å². The van der Waals surface area contributed by atoms with Gasteiger partial charge in [0.1, 0.15) is 12.5 Å². The molecule has 0 fully saturated rings. The fourth-order valence-corrected chi connectivity index (χ4v) is 0.973. The molecule has 0 aliphatic carbocycles. The number of hydrogen-bond donors (Lipinski definition) is 1. The molecule has 3 heteroatoms. The molecule has 0 aliphatic rings. The van der Waals surface area contributed by atoms with E-state index in [4.69, 9.17) is 0 Å². The second kappa shape index (κ2) is 5.09. The summed E-state index contributed by atoms with van der Waals surface area (Å²) in [6.45, 7) is 2.23. The molecule has 0 saturated carbocycles. The minimum absolute atomic E-state index is 0.391. The molecular weight excluding hydrogens is 132 g/mol. The Balaban J connectivity index is 2.91. The highest BCUT2D eigenvalue weighted by atomic mass is 32.2. The summed E-state index contributed by atoms with van der Waals surface area (Å²) in [4.78, 5) is 2.18. The molecule has 1 N–H and O–H groups in total. The standard InChI is InChI=1S/C6H17N2S/c1-8(2)6-5-7-9(3)4/h7H,5-6H2,1-4H3/q+1. The molecular formula is C6H17N2S+. The Bertz CT molecular complexity index is 56.1. The second-order valence-corrected chi connectivity index (χ2v) is 4.44. The van der Waals surface area contributed by atoms with Crippen molar-refractivity contribution in [2.24, 2.45) is 0 Å². The fourth-order valence-electron chi connectivity index (χ4n) is 0.473. The summed E-state index contributed by atoms with van der Waals surface area (Å²) in [5.74, 6) is 0. The number of hydrogen-bond acceptors (Lipinski definition) is 2. The van der Waals surface area contributed by atoms with E-state index in [1.54, 1.807) is 0 Å². The van der Waals surface area contributed by atoms with Gasteiger partial charge in [-0.15, -0.1) is 4.72 Å². The highest BCUT2D eigenvalue weighted by Crippen LogP contribution is 1.75. The van der Waals surface area contributed by atoms with Gasteiger partial charge in [-0.1, -0.05) is 0 Å². The highest BCUT2D eigenvalue weighted by molar-refractivity contribution is 7.93. The summed E-state index contributed by atoms with van der Waals surface area (Å²) in [7, 11) is 4.18. The van der Waals surface area contributed by atoms with Crippen molar-refractivity contribution in [2.75, 3.05) is 39.7 Å². The minimum atomic E-state index is 0.391. The molecule has 0 bridgehead atoms. The van der Waals surface area contributed by atoms with Crippen molar-refractivity contribution >= 4 is 11.1 Å². The Kier molecular flexibility index (Phi) is 5.24. The first-order valence-electron chi connectivity index (χ1n) is 3.08. The van der Waals surface area contributed by atoms with Crippen LogP contribution in [0, 0.1) is 0 Å². The third kappa shape index (κ3) is 8.27. The van der Waals surface area contributed by atoms with E-state index >= 15 is 0 Å². The summed E-state index contributed by atoms with van der Waals surface area (Å²) >= 11 is 0.391. The predicted octanol–water partition coefficient (Wildman–Crippen LogP) is -0.0695. The Labute approximate surface area is 61.1 Å². The van der Waals surface area contributed by atoms with Gasteiger partial charge in [-0.25, -0.2) is 0 Å². The lowest BCUT2D eigenvalue weighted by Gasteiger charge is -2.07. The third-order valence-electron chi connectivity index (χ3n) is 0.950. The predicted molar refractivity (Wildman–Crippen MR) is 45.8 cm³/mol. The fraction of sp³-hybridized carbons (Fsp3) is 1.00. The largest absolute Gasteiger partial charge is 0.308 e. The lowest BCUT2D eigenvalue weighted by Crippen LogP contribution is -2.29. The van der Waals surface area contributed by atoms with Crippen LogP contribution in [0.3, 0.4) is 0 Å². The van der Waals surface area contributed by atoms with Gasteiger partial charge in [0.05, 0.1) is 17.6 Å². The molecule has 0 unspecified atom stereocenters. The summed E-state index contributed by atoms with van der Waals surface area (Å²) in [5.41, 5.74) is 0. The van der Waals surface area contributed by atoms with E-state index in [1.165, 1.54) is 0 Å². The average Bonchev–Trinajstić information content (AvgIpc) is 1.63. The molecule has 0 amide bonds. The number of nitrogens with one attached hydrogen (secondary N) is 1. The first-order chi connectivity index (χ1) is 4.13. The van der Waals surface area contributed by atoms with Gasteiger partial charge in [0.2, 0.25) is 0 Å². The maximum Gasteiger partial charge on any atom is 0.117 e. The van der Waals surface area contributed by atoms with Crippen molar-refractivity contribution in [1.29, 1.82) is 0 Å². The van der Waals surface area contributed by atoms with Crippen molar-refractivity contribution in [3.8, 4) is 0 Å². The van der Waals surface area contributed by atoms with E-state index in [0.29, 0.717) is 11.1 Å². The van der Waals surface area contributed by atoms with Gasteiger partial charge in [0, 0.05) is 6.54 Å². The molecule has 56 valence electrons. The van der Waals surface area contributed by atoms with Gasteiger partial charge in [-0.3, -0.25) is 0 Å². The van der Waals surface area contributed by atoms with E-state index in [0.717, 1.165) is 13.1 Å². The van der Waals surface area contributed by atoms with Crippen molar-refractivity contribution in [1.82, 2.24) is 9.62 Å². The number of likely N-dealkylation sites (N-methyl/N-ethyl adjacent to an activating group) is 1. The lowest BCUT2D eigenvalue weighted by molar-refractivity contribution is 0.415. The van der Waals surface area contributed by atoms with Gasteiger partial charge in [-0.05, 0) is 14.1 Å². The molecule has 0 aromatic carbocycles. The molecule has 0 aromatic rings. The molecule has 0 radical (unpaired) electrons. The molecule has 0 spiro atoms. The summed E-state index contributed by atoms with van der Waals surface area (Å²) in [6.07, 6.45) is 4.38. The van der Waals surface area contributed by atoms with E-state index < -0.39 is 0 Å². The Morgan fingerprint density at radius 3 is 2.22 bits per heavy atom. The van der Waals surface area contributed by atoms with Gasteiger partial charge in [0.15, 0.2) is 0 Å². The molecule has 0 aliphatic heterocycles. The number of nitrogens with zero attached hydrogens (tertiary/aromatic N) is 1. The van der Waals surface area contributed by atoms with Crippen LogP contribution in [0.5, 0.6) is 0 Å². The highest BCUT2D eigenvalue weighted by Gasteiger charge is 1.98. The first kappa shape index (κ1) is 9.27. The summed E-state index contributed by atoms with van der Waals surface area (Å²) in [5, 5.41) is 0. The monoisotopic (exact) mass is 149 g/mol. The molecule has 2 nitrogen and oxygen atoms in total. The molecule has 0 aromatic heterocycles. The van der Waals surface area contributed by atoms with Crippen LogP contribution in [0.1, 0.15) is 0 Å². The SMILES string of the molecule is CN(C)CCN[S+](C)C. The van der Waals surface area contributed by atoms with Crippen molar-refractivity contribution in [3.63, 3.8) is 0 Å². The lowest BCUT2D eigenvalue weighted by atomic mass is 10.6. The van der Waals surface area contributed by atoms with Crippen LogP contribution in [0.15, 0.2) is 0 Å². The van der Waals surface area contributed by atoms with Crippen LogP contribution in [0.2, 0.25) is 0 Å².